The molecule has 0 saturated carbocycles. The van der Waals surface area contributed by atoms with Gasteiger partial charge in [0.2, 0.25) is 0 Å². The summed E-state index contributed by atoms with van der Waals surface area (Å²) in [7, 11) is 0. The molecule has 0 aromatic carbocycles. The molecule has 6 nitrogen and oxygen atoms in total. The topological polar surface area (TPSA) is 84.1 Å². The molecule has 1 heterocycles. The van der Waals surface area contributed by atoms with Gasteiger partial charge in [-0.25, -0.2) is 9.78 Å². The van der Waals surface area contributed by atoms with E-state index in [9.17, 15) is 9.59 Å². The van der Waals surface area contributed by atoms with Gasteiger partial charge >= 0.3 is 5.97 Å². The average molecular weight is 281 g/mol. The number of rotatable bonds is 5. The molecule has 1 aromatic rings. The lowest BCUT2D eigenvalue weighted by molar-refractivity contribution is -0.158. The molecule has 2 N–H and O–H groups in total. The Morgan fingerprint density at radius 2 is 2.10 bits per heavy atom. The first-order valence-electron chi connectivity index (χ1n) is 6.76. The predicted molar refractivity (Wildman–Crippen MR) is 75.1 cm³/mol. The van der Waals surface area contributed by atoms with Crippen molar-refractivity contribution >= 4 is 11.9 Å². The van der Waals surface area contributed by atoms with Crippen LogP contribution < -0.4 is 5.32 Å². The second-order valence-electron chi connectivity index (χ2n) is 5.84. The Labute approximate surface area is 119 Å². The van der Waals surface area contributed by atoms with Crippen molar-refractivity contribution in [1.29, 1.82) is 0 Å². The summed E-state index contributed by atoms with van der Waals surface area (Å²) in [5.74, 6) is -0.796. The maximum Gasteiger partial charge on any atom is 0.329 e. The first-order valence-corrected chi connectivity index (χ1v) is 6.76. The number of carbonyl (C=O) groups is 2. The molecule has 0 aliphatic heterocycles. The Morgan fingerprint density at radius 1 is 1.45 bits per heavy atom. The lowest BCUT2D eigenvalue weighted by Crippen LogP contribution is -2.47. The quantitative estimate of drug-likeness (QED) is 0.807. The highest BCUT2D eigenvalue weighted by Crippen LogP contribution is 2.15. The van der Waals surface area contributed by atoms with Gasteiger partial charge in [0, 0.05) is 0 Å². The molecule has 0 fully saturated rings. The van der Waals surface area contributed by atoms with E-state index in [2.05, 4.69) is 15.3 Å². The summed E-state index contributed by atoms with van der Waals surface area (Å²) < 4.78 is 5.36. The zero-order valence-electron chi connectivity index (χ0n) is 12.7. The van der Waals surface area contributed by atoms with Crippen LogP contribution in [-0.4, -0.2) is 33.5 Å². The number of nitrogens with zero attached hydrogens (tertiary/aromatic N) is 1. The maximum atomic E-state index is 12.2. The smallest absolute Gasteiger partial charge is 0.329 e. The fraction of sp³-hybridized carbons (Fsp3) is 0.643. The number of aromatic amines is 1. The zero-order chi connectivity index (χ0) is 15.3. The summed E-state index contributed by atoms with van der Waals surface area (Å²) in [6.45, 7) is 9.27. The maximum absolute atomic E-state index is 12.2. The van der Waals surface area contributed by atoms with E-state index < -0.39 is 17.6 Å². The Kier molecular flexibility index (Phi) is 5.30. The minimum absolute atomic E-state index is 0.0169. The molecule has 6 heteroatoms. The molecule has 0 bridgehead atoms. The Bertz CT molecular complexity index is 449. The number of hydrogen-bond donors (Lipinski definition) is 2. The molecule has 0 spiro atoms. The number of H-pyrrole nitrogens is 1. The minimum Gasteiger partial charge on any atom is -0.458 e. The van der Waals surface area contributed by atoms with Crippen molar-refractivity contribution in [2.45, 2.75) is 52.7 Å². The molecular weight excluding hydrogens is 258 g/mol. The molecule has 0 saturated heterocycles. The number of ether oxygens (including phenoxy) is 1. The highest BCUT2D eigenvalue weighted by atomic mass is 16.6. The van der Waals surface area contributed by atoms with Crippen LogP contribution in [0.3, 0.4) is 0 Å². The third kappa shape index (κ3) is 4.68. The van der Waals surface area contributed by atoms with Gasteiger partial charge in [-0.05, 0) is 26.7 Å². The van der Waals surface area contributed by atoms with Crippen LogP contribution in [0.5, 0.6) is 0 Å². The van der Waals surface area contributed by atoms with Gasteiger partial charge in [-0.3, -0.25) is 4.79 Å². The normalized spacial score (nSPS) is 14.4. The Morgan fingerprint density at radius 3 is 2.55 bits per heavy atom. The van der Waals surface area contributed by atoms with Gasteiger partial charge in [-0.1, -0.05) is 20.3 Å². The Hall–Kier alpha value is -1.85. The van der Waals surface area contributed by atoms with E-state index in [1.807, 2.05) is 13.8 Å². The fourth-order valence-electron chi connectivity index (χ4n) is 1.63. The Balaban J connectivity index is 2.79. The molecule has 0 aliphatic rings. The number of imidazole rings is 1. The third-order valence-corrected chi connectivity index (χ3v) is 2.90. The van der Waals surface area contributed by atoms with Crippen LogP contribution in [0, 0.1) is 5.92 Å². The molecule has 0 radical (unpaired) electrons. The standard InChI is InChI=1S/C14H23N3O3/c1-6-9(2)11(13(19)20-14(3,4)5)17-12(18)10-7-15-8-16-10/h7-9,11H,6H2,1-5H3,(H,15,16)(H,17,18)/t9-,11-/m0/s1. The van der Waals surface area contributed by atoms with Crippen molar-refractivity contribution in [3.05, 3.63) is 18.2 Å². The van der Waals surface area contributed by atoms with Crippen molar-refractivity contribution in [3.63, 3.8) is 0 Å². The van der Waals surface area contributed by atoms with E-state index in [0.29, 0.717) is 5.69 Å². The van der Waals surface area contributed by atoms with Gasteiger partial charge in [-0.2, -0.15) is 0 Å². The van der Waals surface area contributed by atoms with Crippen LogP contribution >= 0.6 is 0 Å². The monoisotopic (exact) mass is 281 g/mol. The van der Waals surface area contributed by atoms with Crippen LogP contribution in [0.1, 0.15) is 51.5 Å². The molecule has 2 atom stereocenters. The first kappa shape index (κ1) is 16.2. The van der Waals surface area contributed by atoms with Crippen molar-refractivity contribution < 1.29 is 14.3 Å². The fourth-order valence-corrected chi connectivity index (χ4v) is 1.63. The second kappa shape index (κ2) is 6.54. The molecule has 0 aliphatic carbocycles. The SMILES string of the molecule is CC[C@H](C)[C@H](NC(=O)c1cnc[nH]1)C(=O)OC(C)(C)C. The van der Waals surface area contributed by atoms with Crippen molar-refractivity contribution in [3.8, 4) is 0 Å². The average Bonchev–Trinajstić information content (AvgIpc) is 2.86. The van der Waals surface area contributed by atoms with Crippen molar-refractivity contribution in [2.24, 2.45) is 5.92 Å². The largest absolute Gasteiger partial charge is 0.458 e. The van der Waals surface area contributed by atoms with Gasteiger partial charge in [0.05, 0.1) is 12.5 Å². The van der Waals surface area contributed by atoms with Gasteiger partial charge < -0.3 is 15.0 Å². The molecular formula is C14H23N3O3. The summed E-state index contributed by atoms with van der Waals surface area (Å²) >= 11 is 0. The van der Waals surface area contributed by atoms with Crippen LogP contribution in [0.15, 0.2) is 12.5 Å². The number of aromatic nitrogens is 2. The van der Waals surface area contributed by atoms with E-state index in [1.165, 1.54) is 12.5 Å². The third-order valence-electron chi connectivity index (χ3n) is 2.90. The van der Waals surface area contributed by atoms with Crippen LogP contribution in [0.25, 0.3) is 0 Å². The van der Waals surface area contributed by atoms with E-state index in [0.717, 1.165) is 6.42 Å². The lowest BCUT2D eigenvalue weighted by atomic mass is 9.98. The number of amides is 1. The number of esters is 1. The summed E-state index contributed by atoms with van der Waals surface area (Å²) in [5, 5.41) is 2.71. The summed E-state index contributed by atoms with van der Waals surface area (Å²) in [6, 6.07) is -0.671. The number of nitrogens with one attached hydrogen (secondary N) is 2. The van der Waals surface area contributed by atoms with Gasteiger partial charge in [0.25, 0.3) is 5.91 Å². The molecule has 20 heavy (non-hydrogen) atoms. The summed E-state index contributed by atoms with van der Waals surface area (Å²) in [6.07, 6.45) is 3.59. The number of carbonyl (C=O) groups excluding carboxylic acids is 2. The van der Waals surface area contributed by atoms with E-state index in [4.69, 9.17) is 4.74 Å². The van der Waals surface area contributed by atoms with Crippen LogP contribution in [0.2, 0.25) is 0 Å². The second-order valence-corrected chi connectivity index (χ2v) is 5.84. The van der Waals surface area contributed by atoms with E-state index in [1.54, 1.807) is 20.8 Å². The summed E-state index contributed by atoms with van der Waals surface area (Å²) in [5.41, 5.74) is -0.261. The van der Waals surface area contributed by atoms with Gasteiger partial charge in [-0.15, -0.1) is 0 Å². The van der Waals surface area contributed by atoms with Gasteiger partial charge in [0.15, 0.2) is 0 Å². The highest BCUT2D eigenvalue weighted by molar-refractivity contribution is 5.95. The first-order chi connectivity index (χ1) is 9.24. The molecule has 1 aromatic heterocycles. The molecule has 112 valence electrons. The predicted octanol–water partition coefficient (Wildman–Crippen LogP) is 1.90. The molecule has 1 rings (SSSR count). The number of hydrogen-bond acceptors (Lipinski definition) is 4. The van der Waals surface area contributed by atoms with Crippen LogP contribution in [0.4, 0.5) is 0 Å². The highest BCUT2D eigenvalue weighted by Gasteiger charge is 2.30. The summed E-state index contributed by atoms with van der Waals surface area (Å²) in [4.78, 5) is 30.7. The lowest BCUT2D eigenvalue weighted by Gasteiger charge is -2.27. The van der Waals surface area contributed by atoms with Crippen molar-refractivity contribution in [1.82, 2.24) is 15.3 Å². The van der Waals surface area contributed by atoms with Crippen LogP contribution in [-0.2, 0) is 9.53 Å². The molecule has 1 amide bonds. The van der Waals surface area contributed by atoms with E-state index in [-0.39, 0.29) is 11.8 Å². The minimum atomic E-state index is -0.671. The zero-order valence-corrected chi connectivity index (χ0v) is 12.7. The molecule has 0 unspecified atom stereocenters. The van der Waals surface area contributed by atoms with Crippen molar-refractivity contribution in [2.75, 3.05) is 0 Å². The van der Waals surface area contributed by atoms with E-state index >= 15 is 0 Å². The van der Waals surface area contributed by atoms with Gasteiger partial charge in [0.1, 0.15) is 17.3 Å².